The van der Waals surface area contributed by atoms with Gasteiger partial charge in [-0.25, -0.2) is 0 Å². The van der Waals surface area contributed by atoms with E-state index in [1.54, 1.807) is 12.1 Å². The summed E-state index contributed by atoms with van der Waals surface area (Å²) in [6.45, 7) is -2.81. The Labute approximate surface area is 86.5 Å². The molecule has 1 aliphatic carbocycles. The lowest BCUT2D eigenvalue weighted by Gasteiger charge is -2.23. The van der Waals surface area contributed by atoms with Gasteiger partial charge in [0.25, 0.3) is 0 Å². The maximum Gasteiger partial charge on any atom is 0.387 e. The average Bonchev–Trinajstić information content (AvgIpc) is 2.19. The minimum atomic E-state index is -2.81. The van der Waals surface area contributed by atoms with Crippen molar-refractivity contribution in [2.24, 2.45) is 0 Å². The Balaban J connectivity index is 2.35. The molecule has 15 heavy (non-hydrogen) atoms. The highest BCUT2D eigenvalue weighted by atomic mass is 19.3. The number of hydrogen-bond acceptors (Lipinski definition) is 2. The average molecular weight is 214 g/mol. The van der Waals surface area contributed by atoms with Crippen LogP contribution in [0, 0.1) is 0 Å². The first-order valence-electron chi connectivity index (χ1n) is 4.93. The number of hydrogen-bond donors (Lipinski definition) is 1. The Morgan fingerprint density at radius 1 is 1.40 bits per heavy atom. The summed E-state index contributed by atoms with van der Waals surface area (Å²) in [6.07, 6.45) is 1.63. The predicted octanol–water partition coefficient (Wildman–Crippen LogP) is 2.66. The van der Waals surface area contributed by atoms with Gasteiger partial charge in [0.2, 0.25) is 0 Å². The second-order valence-electron chi connectivity index (χ2n) is 3.61. The molecule has 2 rings (SSSR count). The van der Waals surface area contributed by atoms with E-state index in [1.807, 2.05) is 0 Å². The van der Waals surface area contributed by atoms with Crippen LogP contribution in [0.3, 0.4) is 0 Å². The smallest absolute Gasteiger partial charge is 0.387 e. The van der Waals surface area contributed by atoms with Crippen LogP contribution in [0.2, 0.25) is 0 Å². The zero-order chi connectivity index (χ0) is 10.8. The lowest BCUT2D eigenvalue weighted by Crippen LogP contribution is -2.12. The first-order valence-corrected chi connectivity index (χ1v) is 4.93. The van der Waals surface area contributed by atoms with E-state index in [-0.39, 0.29) is 5.75 Å². The summed E-state index contributed by atoms with van der Waals surface area (Å²) >= 11 is 0. The predicted molar refractivity (Wildman–Crippen MR) is 51.0 cm³/mol. The standard InChI is InChI=1S/C11H12F2O2/c12-11(13)15-10-6-2-3-7-8(10)4-1-5-9(7)14/h2-3,6,9,11,14H,1,4-5H2. The van der Waals surface area contributed by atoms with Gasteiger partial charge in [-0.3, -0.25) is 0 Å². The van der Waals surface area contributed by atoms with Gasteiger partial charge in [-0.15, -0.1) is 0 Å². The SMILES string of the molecule is OC1CCCc2c(OC(F)F)cccc21. The minimum absolute atomic E-state index is 0.196. The first kappa shape index (κ1) is 10.4. The van der Waals surface area contributed by atoms with Gasteiger partial charge >= 0.3 is 6.61 Å². The Kier molecular flexibility index (Phi) is 2.86. The van der Waals surface area contributed by atoms with Crippen molar-refractivity contribution in [3.63, 3.8) is 0 Å². The van der Waals surface area contributed by atoms with Gasteiger partial charge in [-0.05, 0) is 30.9 Å². The normalized spacial score (nSPS) is 20.1. The van der Waals surface area contributed by atoms with Gasteiger partial charge in [-0.2, -0.15) is 8.78 Å². The molecular formula is C11H12F2O2. The molecule has 1 aliphatic rings. The molecule has 0 fully saturated rings. The van der Waals surface area contributed by atoms with E-state index < -0.39 is 12.7 Å². The van der Waals surface area contributed by atoms with Crippen LogP contribution in [-0.4, -0.2) is 11.7 Å². The van der Waals surface area contributed by atoms with E-state index in [4.69, 9.17) is 0 Å². The largest absolute Gasteiger partial charge is 0.435 e. The van der Waals surface area contributed by atoms with Gasteiger partial charge in [0, 0.05) is 5.56 Å². The summed E-state index contributed by atoms with van der Waals surface area (Å²) in [4.78, 5) is 0. The molecule has 1 N–H and O–H groups in total. The Morgan fingerprint density at radius 3 is 2.93 bits per heavy atom. The maximum absolute atomic E-state index is 12.1. The molecule has 0 radical (unpaired) electrons. The van der Waals surface area contributed by atoms with Crippen LogP contribution >= 0.6 is 0 Å². The summed E-state index contributed by atoms with van der Waals surface area (Å²) in [5.41, 5.74) is 1.44. The van der Waals surface area contributed by atoms with Gasteiger partial charge in [0.05, 0.1) is 6.10 Å². The fraction of sp³-hybridized carbons (Fsp3) is 0.455. The monoisotopic (exact) mass is 214 g/mol. The molecule has 82 valence electrons. The van der Waals surface area contributed by atoms with E-state index in [0.717, 1.165) is 17.5 Å². The molecule has 0 saturated heterocycles. The van der Waals surface area contributed by atoms with Crippen LogP contribution in [0.15, 0.2) is 18.2 Å². The molecule has 0 saturated carbocycles. The topological polar surface area (TPSA) is 29.5 Å². The van der Waals surface area contributed by atoms with E-state index in [9.17, 15) is 13.9 Å². The Hall–Kier alpha value is -1.16. The molecule has 0 amide bonds. The molecule has 0 spiro atoms. The minimum Gasteiger partial charge on any atom is -0.435 e. The Morgan fingerprint density at radius 2 is 2.20 bits per heavy atom. The van der Waals surface area contributed by atoms with Gasteiger partial charge in [-0.1, -0.05) is 12.1 Å². The van der Waals surface area contributed by atoms with Crippen molar-refractivity contribution in [2.75, 3.05) is 0 Å². The molecule has 2 nitrogen and oxygen atoms in total. The lowest BCUT2D eigenvalue weighted by molar-refractivity contribution is -0.0508. The van der Waals surface area contributed by atoms with Crippen LogP contribution in [0.25, 0.3) is 0 Å². The molecule has 0 aliphatic heterocycles. The van der Waals surface area contributed by atoms with Crippen LogP contribution < -0.4 is 4.74 Å². The zero-order valence-corrected chi connectivity index (χ0v) is 8.12. The number of aliphatic hydroxyl groups excluding tert-OH is 1. The number of alkyl halides is 2. The zero-order valence-electron chi connectivity index (χ0n) is 8.12. The number of ether oxygens (including phenoxy) is 1. The van der Waals surface area contributed by atoms with Crippen molar-refractivity contribution in [3.05, 3.63) is 29.3 Å². The maximum atomic E-state index is 12.1. The molecule has 4 heteroatoms. The summed E-state index contributed by atoms with van der Waals surface area (Å²) < 4.78 is 28.6. The van der Waals surface area contributed by atoms with Crippen molar-refractivity contribution < 1.29 is 18.6 Å². The summed E-state index contributed by atoms with van der Waals surface area (Å²) in [5.74, 6) is 0.196. The molecule has 0 aromatic heterocycles. The number of rotatable bonds is 2. The summed E-state index contributed by atoms with van der Waals surface area (Å²) in [5, 5.41) is 9.68. The first-order chi connectivity index (χ1) is 7.18. The molecule has 1 aromatic carbocycles. The molecular weight excluding hydrogens is 202 g/mol. The summed E-state index contributed by atoms with van der Waals surface area (Å²) in [6, 6.07) is 4.91. The van der Waals surface area contributed by atoms with Gasteiger partial charge in [0.15, 0.2) is 0 Å². The van der Waals surface area contributed by atoms with Crippen LogP contribution in [0.5, 0.6) is 5.75 Å². The fourth-order valence-electron chi connectivity index (χ4n) is 2.00. The summed E-state index contributed by atoms with van der Waals surface area (Å²) in [7, 11) is 0. The fourth-order valence-corrected chi connectivity index (χ4v) is 2.00. The van der Waals surface area contributed by atoms with Crippen LogP contribution in [0.4, 0.5) is 8.78 Å². The Bertz CT molecular complexity index is 352. The van der Waals surface area contributed by atoms with Gasteiger partial charge in [0.1, 0.15) is 5.75 Å². The number of benzene rings is 1. The van der Waals surface area contributed by atoms with Crippen molar-refractivity contribution in [1.29, 1.82) is 0 Å². The quantitative estimate of drug-likeness (QED) is 0.820. The molecule has 1 atom stereocenters. The second-order valence-corrected chi connectivity index (χ2v) is 3.61. The van der Waals surface area contributed by atoms with E-state index in [1.165, 1.54) is 6.07 Å². The van der Waals surface area contributed by atoms with Crippen molar-refractivity contribution >= 4 is 0 Å². The van der Waals surface area contributed by atoms with Crippen molar-refractivity contribution in [2.45, 2.75) is 32.0 Å². The van der Waals surface area contributed by atoms with Crippen molar-refractivity contribution in [1.82, 2.24) is 0 Å². The number of halogens is 2. The third kappa shape index (κ3) is 2.09. The lowest BCUT2D eigenvalue weighted by atomic mass is 9.89. The van der Waals surface area contributed by atoms with Crippen LogP contribution in [-0.2, 0) is 6.42 Å². The third-order valence-electron chi connectivity index (χ3n) is 2.65. The van der Waals surface area contributed by atoms with Crippen molar-refractivity contribution in [3.8, 4) is 5.75 Å². The molecule has 1 aromatic rings. The van der Waals surface area contributed by atoms with E-state index >= 15 is 0 Å². The van der Waals surface area contributed by atoms with Crippen LogP contribution in [0.1, 0.15) is 30.1 Å². The molecule has 1 unspecified atom stereocenters. The highest BCUT2D eigenvalue weighted by molar-refractivity contribution is 5.42. The third-order valence-corrected chi connectivity index (χ3v) is 2.65. The van der Waals surface area contributed by atoms with E-state index in [2.05, 4.69) is 4.74 Å². The number of fused-ring (bicyclic) bond motifs is 1. The van der Waals surface area contributed by atoms with Gasteiger partial charge < -0.3 is 9.84 Å². The molecule has 0 heterocycles. The highest BCUT2D eigenvalue weighted by Gasteiger charge is 2.21. The second kappa shape index (κ2) is 4.14. The number of aliphatic hydroxyl groups is 1. The molecule has 0 bridgehead atoms. The van der Waals surface area contributed by atoms with E-state index in [0.29, 0.717) is 12.8 Å². The highest BCUT2D eigenvalue weighted by Crippen LogP contribution is 2.35.